The van der Waals surface area contributed by atoms with Gasteiger partial charge in [-0.2, -0.15) is 0 Å². The topological polar surface area (TPSA) is 46.5 Å². The van der Waals surface area contributed by atoms with E-state index in [2.05, 4.69) is 12.1 Å². The predicted molar refractivity (Wildman–Crippen MR) is 79.5 cm³/mol. The average Bonchev–Trinajstić information content (AvgIpc) is 2.47. The minimum absolute atomic E-state index is 0.302. The molecule has 0 aliphatic heterocycles. The lowest BCUT2D eigenvalue weighted by Crippen LogP contribution is -2.64. The summed E-state index contributed by atoms with van der Waals surface area (Å²) in [4.78, 5) is 12.2. The van der Waals surface area contributed by atoms with Gasteiger partial charge in [-0.3, -0.25) is 4.79 Å². The second-order valence-electron chi connectivity index (χ2n) is 7.04. The maximum Gasteiger partial charge on any atom is 0.134 e. The first-order chi connectivity index (χ1) is 10.1. The van der Waals surface area contributed by atoms with Crippen molar-refractivity contribution in [2.45, 2.75) is 56.0 Å². The zero-order chi connectivity index (χ0) is 14.7. The third-order valence-corrected chi connectivity index (χ3v) is 6.24. The van der Waals surface area contributed by atoms with Gasteiger partial charge in [-0.15, -0.1) is 0 Å². The van der Waals surface area contributed by atoms with E-state index < -0.39 is 5.60 Å². The number of hydrogen-bond donors (Lipinski definition) is 1. The summed E-state index contributed by atoms with van der Waals surface area (Å²) in [6.07, 6.45) is 5.72. The third-order valence-electron chi connectivity index (χ3n) is 6.24. The molecule has 2 saturated carbocycles. The monoisotopic (exact) mass is 286 g/mol. The molecule has 3 aliphatic rings. The molecule has 0 spiro atoms. The number of methoxy groups -OCH3 is 1. The zero-order valence-corrected chi connectivity index (χ0v) is 12.5. The van der Waals surface area contributed by atoms with Gasteiger partial charge in [0.1, 0.15) is 11.5 Å². The fourth-order valence-electron chi connectivity index (χ4n) is 5.24. The Balaban J connectivity index is 1.95. The van der Waals surface area contributed by atoms with Gasteiger partial charge in [0.2, 0.25) is 0 Å². The van der Waals surface area contributed by atoms with Gasteiger partial charge in [0.15, 0.2) is 0 Å². The summed E-state index contributed by atoms with van der Waals surface area (Å²) in [6.45, 7) is 0. The van der Waals surface area contributed by atoms with E-state index in [9.17, 15) is 9.90 Å². The van der Waals surface area contributed by atoms with Crippen LogP contribution in [0.25, 0.3) is 0 Å². The van der Waals surface area contributed by atoms with Crippen molar-refractivity contribution in [3.63, 3.8) is 0 Å². The Hall–Kier alpha value is -1.35. The minimum atomic E-state index is -0.696. The molecule has 3 aliphatic carbocycles. The van der Waals surface area contributed by atoms with Gasteiger partial charge >= 0.3 is 0 Å². The molecule has 112 valence electrons. The largest absolute Gasteiger partial charge is 0.497 e. The number of ketones is 1. The zero-order valence-electron chi connectivity index (χ0n) is 12.5. The summed E-state index contributed by atoms with van der Waals surface area (Å²) in [5.74, 6) is 1.43. The second kappa shape index (κ2) is 4.33. The molecule has 1 aromatic rings. The molecule has 0 aromatic heterocycles. The molecule has 0 radical (unpaired) electrons. The normalized spacial score (nSPS) is 37.6. The summed E-state index contributed by atoms with van der Waals surface area (Å²) in [6, 6.07) is 6.20. The van der Waals surface area contributed by atoms with Gasteiger partial charge in [0.25, 0.3) is 0 Å². The van der Waals surface area contributed by atoms with Gasteiger partial charge in [-0.05, 0) is 54.9 Å². The smallest absolute Gasteiger partial charge is 0.134 e. The van der Waals surface area contributed by atoms with Crippen LogP contribution in [0.5, 0.6) is 5.75 Å². The van der Waals surface area contributed by atoms with E-state index in [0.717, 1.165) is 31.4 Å². The number of rotatable bonds is 1. The highest BCUT2D eigenvalue weighted by Gasteiger charge is 2.62. The number of aliphatic hydroxyl groups is 1. The first-order valence-electron chi connectivity index (χ1n) is 8.00. The van der Waals surface area contributed by atoms with Crippen LogP contribution in [0.3, 0.4) is 0 Å². The van der Waals surface area contributed by atoms with E-state index in [1.54, 1.807) is 7.11 Å². The van der Waals surface area contributed by atoms with Crippen molar-refractivity contribution in [3.05, 3.63) is 29.3 Å². The number of Topliss-reactive ketones (excluding diaryl/α,β-unsaturated/α-hetero) is 1. The maximum absolute atomic E-state index is 12.2. The molecule has 1 aromatic carbocycles. The summed E-state index contributed by atoms with van der Waals surface area (Å²) < 4.78 is 5.39. The number of fused-ring (bicyclic) bond motifs is 1. The van der Waals surface area contributed by atoms with Crippen LogP contribution >= 0.6 is 0 Å². The molecule has 3 nitrogen and oxygen atoms in total. The molecule has 2 fully saturated rings. The Morgan fingerprint density at radius 3 is 3.00 bits per heavy atom. The van der Waals surface area contributed by atoms with E-state index in [1.807, 2.05) is 6.07 Å². The lowest BCUT2D eigenvalue weighted by Gasteiger charge is -2.60. The number of hydrogen-bond acceptors (Lipinski definition) is 3. The molecule has 0 saturated heterocycles. The molecular weight excluding hydrogens is 264 g/mol. The maximum atomic E-state index is 12.2. The van der Waals surface area contributed by atoms with Crippen LogP contribution in [-0.2, 0) is 16.6 Å². The predicted octanol–water partition coefficient (Wildman–Crippen LogP) is 2.77. The first kappa shape index (κ1) is 13.3. The Kier molecular flexibility index (Phi) is 2.74. The van der Waals surface area contributed by atoms with Crippen molar-refractivity contribution in [1.29, 1.82) is 0 Å². The van der Waals surface area contributed by atoms with Crippen LogP contribution in [0, 0.1) is 5.92 Å². The Labute approximate surface area is 125 Å². The second-order valence-corrected chi connectivity index (χ2v) is 7.04. The lowest BCUT2D eigenvalue weighted by molar-refractivity contribution is -0.159. The lowest BCUT2D eigenvalue weighted by atomic mass is 9.46. The minimum Gasteiger partial charge on any atom is -0.497 e. The van der Waals surface area contributed by atoms with Crippen LogP contribution in [0.15, 0.2) is 18.2 Å². The number of benzene rings is 1. The molecule has 4 rings (SSSR count). The first-order valence-corrected chi connectivity index (χ1v) is 8.00. The molecule has 0 unspecified atom stereocenters. The summed E-state index contributed by atoms with van der Waals surface area (Å²) in [5, 5.41) is 11.5. The molecule has 21 heavy (non-hydrogen) atoms. The van der Waals surface area contributed by atoms with Crippen molar-refractivity contribution in [1.82, 2.24) is 0 Å². The van der Waals surface area contributed by atoms with Crippen molar-refractivity contribution in [3.8, 4) is 5.75 Å². The molecule has 0 heterocycles. The highest BCUT2D eigenvalue weighted by atomic mass is 16.5. The van der Waals surface area contributed by atoms with Gasteiger partial charge in [-0.1, -0.05) is 12.5 Å². The molecular formula is C18H22O3. The molecule has 0 amide bonds. The number of carbonyl (C=O) groups excluding carboxylic acids is 1. The SMILES string of the molecule is COc1ccc2c(c1)[C@]13CCC[C@H](C2)[C@]1(O)CCC(=O)C3. The molecule has 3 atom stereocenters. The van der Waals surface area contributed by atoms with Crippen LogP contribution in [0.2, 0.25) is 0 Å². The Bertz CT molecular complexity index is 608. The molecule has 2 bridgehead atoms. The molecule has 3 heteroatoms. The highest BCUT2D eigenvalue weighted by molar-refractivity contribution is 5.82. The van der Waals surface area contributed by atoms with Crippen LogP contribution in [0.4, 0.5) is 0 Å². The number of carbonyl (C=O) groups is 1. The van der Waals surface area contributed by atoms with Crippen molar-refractivity contribution in [2.75, 3.05) is 7.11 Å². The van der Waals surface area contributed by atoms with E-state index in [-0.39, 0.29) is 5.41 Å². The Morgan fingerprint density at radius 2 is 2.19 bits per heavy atom. The van der Waals surface area contributed by atoms with Crippen LogP contribution < -0.4 is 4.74 Å². The summed E-state index contributed by atoms with van der Waals surface area (Å²) in [7, 11) is 1.67. The van der Waals surface area contributed by atoms with Gasteiger partial charge in [0.05, 0.1) is 12.7 Å². The highest BCUT2D eigenvalue weighted by Crippen LogP contribution is 2.60. The summed E-state index contributed by atoms with van der Waals surface area (Å²) >= 11 is 0. The third kappa shape index (κ3) is 1.61. The van der Waals surface area contributed by atoms with Crippen LogP contribution in [-0.4, -0.2) is 23.6 Å². The molecule has 1 N–H and O–H groups in total. The standard InChI is InChI=1S/C18H22O3/c1-21-15-5-4-12-9-13-3-2-7-17(16(12)10-15)11-14(19)6-8-18(13,17)20/h4-5,10,13,20H,2-3,6-9,11H2,1H3/t13-,17-,18-/m1/s1. The fraction of sp³-hybridized carbons (Fsp3) is 0.611. The van der Waals surface area contributed by atoms with Gasteiger partial charge < -0.3 is 9.84 Å². The van der Waals surface area contributed by atoms with E-state index in [4.69, 9.17) is 4.74 Å². The van der Waals surface area contributed by atoms with Gasteiger partial charge in [-0.25, -0.2) is 0 Å². The van der Waals surface area contributed by atoms with Crippen molar-refractivity contribution >= 4 is 5.78 Å². The Morgan fingerprint density at radius 1 is 1.33 bits per heavy atom. The van der Waals surface area contributed by atoms with Crippen molar-refractivity contribution < 1.29 is 14.6 Å². The van der Waals surface area contributed by atoms with E-state index >= 15 is 0 Å². The van der Waals surface area contributed by atoms with E-state index in [1.165, 1.54) is 11.1 Å². The van der Waals surface area contributed by atoms with E-state index in [0.29, 0.717) is 31.0 Å². The summed E-state index contributed by atoms with van der Waals surface area (Å²) in [5.41, 5.74) is 1.42. The van der Waals surface area contributed by atoms with Crippen molar-refractivity contribution in [2.24, 2.45) is 5.92 Å². The quantitative estimate of drug-likeness (QED) is 0.863. The average molecular weight is 286 g/mol. The van der Waals surface area contributed by atoms with Gasteiger partial charge in [0, 0.05) is 18.3 Å². The number of ether oxygens (including phenoxy) is 1. The van der Waals surface area contributed by atoms with Crippen LogP contribution in [0.1, 0.15) is 49.7 Å². The fourth-order valence-corrected chi connectivity index (χ4v) is 5.24.